The van der Waals surface area contributed by atoms with Crippen molar-refractivity contribution in [3.63, 3.8) is 0 Å². The van der Waals surface area contributed by atoms with E-state index in [1.54, 1.807) is 0 Å². The summed E-state index contributed by atoms with van der Waals surface area (Å²) in [7, 11) is 0. The summed E-state index contributed by atoms with van der Waals surface area (Å²) in [5, 5.41) is 3.95. The molecular formula is C18H33N3. The molecule has 4 heterocycles. The van der Waals surface area contributed by atoms with Gasteiger partial charge in [0.1, 0.15) is 0 Å². The molecule has 3 nitrogen and oxygen atoms in total. The van der Waals surface area contributed by atoms with Crippen LogP contribution in [0.5, 0.6) is 0 Å². The minimum Gasteiger partial charge on any atom is -0.308 e. The van der Waals surface area contributed by atoms with Gasteiger partial charge in [-0.1, -0.05) is 13.8 Å². The second kappa shape index (κ2) is 5.21. The maximum atomic E-state index is 3.95. The van der Waals surface area contributed by atoms with Gasteiger partial charge in [0.25, 0.3) is 0 Å². The molecule has 1 saturated carbocycles. The molecule has 0 amide bonds. The van der Waals surface area contributed by atoms with Crippen molar-refractivity contribution in [1.82, 2.24) is 15.1 Å². The number of hydrogen-bond donors (Lipinski definition) is 1. The van der Waals surface area contributed by atoms with Crippen LogP contribution in [0.1, 0.15) is 46.5 Å². The number of fused-ring (bicyclic) bond motifs is 3. The van der Waals surface area contributed by atoms with Gasteiger partial charge in [-0.25, -0.2) is 0 Å². The molecule has 2 bridgehead atoms. The predicted octanol–water partition coefficient (Wildman–Crippen LogP) is 2.18. The molecule has 4 aliphatic heterocycles. The van der Waals surface area contributed by atoms with Crippen molar-refractivity contribution in [3.8, 4) is 0 Å². The van der Waals surface area contributed by atoms with Crippen LogP contribution in [0.15, 0.2) is 0 Å². The van der Waals surface area contributed by atoms with Crippen molar-refractivity contribution in [2.24, 2.45) is 17.8 Å². The molecule has 0 aromatic carbocycles. The smallest absolute Gasteiger partial charge is 0.0309 e. The third kappa shape index (κ3) is 2.55. The van der Waals surface area contributed by atoms with Gasteiger partial charge in [0, 0.05) is 37.3 Å². The normalized spacial score (nSPS) is 48.0. The first-order valence-electron chi connectivity index (χ1n) is 9.30. The van der Waals surface area contributed by atoms with Crippen LogP contribution in [0.2, 0.25) is 0 Å². The molecule has 5 aliphatic rings. The average molecular weight is 291 g/mol. The molecule has 3 heteroatoms. The number of hydrogen-bond acceptors (Lipinski definition) is 3. The molecule has 5 fully saturated rings. The van der Waals surface area contributed by atoms with E-state index in [0.717, 1.165) is 29.8 Å². The third-order valence-corrected chi connectivity index (χ3v) is 6.95. The lowest BCUT2D eigenvalue weighted by Gasteiger charge is -2.56. The summed E-state index contributed by atoms with van der Waals surface area (Å²) < 4.78 is 0. The van der Waals surface area contributed by atoms with E-state index < -0.39 is 0 Å². The standard InChI is InChI=1S/C18H33N3/c1-13(2)16-10-19-18(3,15-4-5-15)12-21(16)17-11-20-8-6-14(17)7-9-20/h13-17,19H,4-12H2,1-3H3. The highest BCUT2D eigenvalue weighted by atomic mass is 15.3. The highest BCUT2D eigenvalue weighted by Crippen LogP contribution is 2.43. The van der Waals surface area contributed by atoms with Crippen molar-refractivity contribution in [3.05, 3.63) is 0 Å². The summed E-state index contributed by atoms with van der Waals surface area (Å²) in [6.07, 6.45) is 5.78. The Hall–Kier alpha value is -0.120. The van der Waals surface area contributed by atoms with Crippen molar-refractivity contribution >= 4 is 0 Å². The van der Waals surface area contributed by atoms with Crippen molar-refractivity contribution in [2.75, 3.05) is 32.7 Å². The van der Waals surface area contributed by atoms with Crippen LogP contribution in [0.3, 0.4) is 0 Å². The summed E-state index contributed by atoms with van der Waals surface area (Å²) in [6.45, 7) is 13.9. The Kier molecular flexibility index (Phi) is 3.59. The van der Waals surface area contributed by atoms with E-state index in [2.05, 4.69) is 35.9 Å². The van der Waals surface area contributed by atoms with Crippen molar-refractivity contribution in [1.29, 1.82) is 0 Å². The van der Waals surface area contributed by atoms with Crippen LogP contribution >= 0.6 is 0 Å². The molecule has 0 radical (unpaired) electrons. The van der Waals surface area contributed by atoms with E-state index in [-0.39, 0.29) is 0 Å². The first-order valence-corrected chi connectivity index (χ1v) is 9.30. The fraction of sp³-hybridized carbons (Fsp3) is 1.00. The number of nitrogens with one attached hydrogen (secondary N) is 1. The minimum atomic E-state index is 0.386. The molecule has 0 aromatic rings. The molecule has 5 rings (SSSR count). The highest BCUT2D eigenvalue weighted by Gasteiger charge is 2.50. The predicted molar refractivity (Wildman–Crippen MR) is 87.4 cm³/mol. The average Bonchev–Trinajstić information content (AvgIpc) is 3.33. The molecule has 0 spiro atoms. The molecule has 1 N–H and O–H groups in total. The van der Waals surface area contributed by atoms with Gasteiger partial charge in [-0.15, -0.1) is 0 Å². The number of piperidine rings is 3. The van der Waals surface area contributed by atoms with Crippen LogP contribution in [0, 0.1) is 17.8 Å². The van der Waals surface area contributed by atoms with Crippen molar-refractivity contribution < 1.29 is 0 Å². The van der Waals surface area contributed by atoms with E-state index in [0.29, 0.717) is 5.54 Å². The fourth-order valence-electron chi connectivity index (χ4n) is 5.29. The molecule has 3 unspecified atom stereocenters. The van der Waals surface area contributed by atoms with Gasteiger partial charge in [0.05, 0.1) is 0 Å². The molecule has 1 aliphatic carbocycles. The summed E-state index contributed by atoms with van der Waals surface area (Å²) in [5.74, 6) is 2.67. The summed E-state index contributed by atoms with van der Waals surface area (Å²) in [6, 6.07) is 1.57. The summed E-state index contributed by atoms with van der Waals surface area (Å²) >= 11 is 0. The quantitative estimate of drug-likeness (QED) is 0.860. The summed E-state index contributed by atoms with van der Waals surface area (Å²) in [5.41, 5.74) is 0.386. The lowest BCUT2D eigenvalue weighted by Crippen LogP contribution is -2.70. The van der Waals surface area contributed by atoms with Gasteiger partial charge in [0.15, 0.2) is 0 Å². The van der Waals surface area contributed by atoms with E-state index >= 15 is 0 Å². The second-order valence-corrected chi connectivity index (χ2v) is 8.76. The Morgan fingerprint density at radius 2 is 1.81 bits per heavy atom. The minimum absolute atomic E-state index is 0.386. The summed E-state index contributed by atoms with van der Waals surface area (Å²) in [4.78, 5) is 5.67. The van der Waals surface area contributed by atoms with Gasteiger partial charge in [-0.2, -0.15) is 0 Å². The molecule has 4 saturated heterocycles. The molecule has 21 heavy (non-hydrogen) atoms. The lowest BCUT2D eigenvalue weighted by atomic mass is 9.79. The Balaban J connectivity index is 1.55. The van der Waals surface area contributed by atoms with Crippen LogP contribution in [0.25, 0.3) is 0 Å². The van der Waals surface area contributed by atoms with E-state index in [1.165, 1.54) is 58.4 Å². The first kappa shape index (κ1) is 14.5. The zero-order valence-corrected chi connectivity index (χ0v) is 14.1. The van der Waals surface area contributed by atoms with Gasteiger partial charge in [-0.3, -0.25) is 4.90 Å². The van der Waals surface area contributed by atoms with Crippen LogP contribution in [0.4, 0.5) is 0 Å². The number of rotatable bonds is 3. The molecule has 120 valence electrons. The number of piperazine rings is 1. The molecular weight excluding hydrogens is 258 g/mol. The Labute approximate surface area is 130 Å². The Morgan fingerprint density at radius 1 is 1.10 bits per heavy atom. The van der Waals surface area contributed by atoms with Crippen LogP contribution in [-0.2, 0) is 0 Å². The number of nitrogens with zero attached hydrogens (tertiary/aromatic N) is 2. The van der Waals surface area contributed by atoms with E-state index in [9.17, 15) is 0 Å². The fourth-order valence-corrected chi connectivity index (χ4v) is 5.29. The molecule has 3 atom stereocenters. The lowest BCUT2D eigenvalue weighted by molar-refractivity contribution is -0.0561. The van der Waals surface area contributed by atoms with E-state index in [1.807, 2.05) is 0 Å². The zero-order valence-electron chi connectivity index (χ0n) is 14.1. The third-order valence-electron chi connectivity index (χ3n) is 6.95. The van der Waals surface area contributed by atoms with Gasteiger partial charge in [0.2, 0.25) is 0 Å². The Bertz CT molecular complexity index is 384. The maximum absolute atomic E-state index is 3.95. The van der Waals surface area contributed by atoms with Gasteiger partial charge in [-0.05, 0) is 63.5 Å². The highest BCUT2D eigenvalue weighted by molar-refractivity contribution is 5.07. The first-order chi connectivity index (χ1) is 10.1. The van der Waals surface area contributed by atoms with Gasteiger partial charge < -0.3 is 10.2 Å². The largest absolute Gasteiger partial charge is 0.308 e. The monoisotopic (exact) mass is 291 g/mol. The van der Waals surface area contributed by atoms with Crippen molar-refractivity contribution in [2.45, 2.75) is 64.1 Å². The van der Waals surface area contributed by atoms with E-state index in [4.69, 9.17) is 0 Å². The second-order valence-electron chi connectivity index (χ2n) is 8.76. The zero-order chi connectivity index (χ0) is 14.6. The maximum Gasteiger partial charge on any atom is 0.0309 e. The van der Waals surface area contributed by atoms with Crippen LogP contribution < -0.4 is 5.32 Å². The van der Waals surface area contributed by atoms with Gasteiger partial charge >= 0.3 is 0 Å². The van der Waals surface area contributed by atoms with Crippen LogP contribution in [-0.4, -0.2) is 60.1 Å². The molecule has 0 aromatic heterocycles. The Morgan fingerprint density at radius 3 is 2.33 bits per heavy atom. The topological polar surface area (TPSA) is 18.5 Å². The SMILES string of the molecule is CC(C)C1CNC(C)(C2CC2)CN1C1CN2CCC1CC2.